The number of rotatable bonds is 4. The van der Waals surface area contributed by atoms with Crippen LogP contribution < -0.4 is 17.0 Å². The topological polar surface area (TPSA) is 67.3 Å². The Hall–Kier alpha value is 0.120. The van der Waals surface area contributed by atoms with Gasteiger partial charge in [0.1, 0.15) is 0 Å². The Bertz CT molecular complexity index is 149. The molecule has 0 radical (unpaired) electrons. The minimum absolute atomic E-state index is 0.738. The van der Waals surface area contributed by atoms with Gasteiger partial charge in [0.15, 0.2) is 0 Å². The van der Waals surface area contributed by atoms with Crippen LogP contribution in [0.5, 0.6) is 0 Å². The standard InChI is InChI=1S/C5H12N4S2/c6-1-2-10-4-5-3-8-9(7)11-5/h3,8H,1-2,4,6-7H2. The third-order valence-electron chi connectivity index (χ3n) is 1.07. The van der Waals surface area contributed by atoms with Crippen LogP contribution in [-0.4, -0.2) is 22.6 Å². The highest BCUT2D eigenvalue weighted by Gasteiger charge is 2.09. The van der Waals surface area contributed by atoms with Gasteiger partial charge >= 0.3 is 0 Å². The summed E-state index contributed by atoms with van der Waals surface area (Å²) < 4.78 is 1.48. The van der Waals surface area contributed by atoms with E-state index >= 15 is 0 Å². The third kappa shape index (κ3) is 3.35. The molecule has 0 bridgehead atoms. The predicted molar refractivity (Wildman–Crippen MR) is 51.2 cm³/mol. The Morgan fingerprint density at radius 1 is 1.73 bits per heavy atom. The molecule has 1 aliphatic heterocycles. The molecule has 0 aromatic rings. The molecule has 0 aromatic carbocycles. The van der Waals surface area contributed by atoms with E-state index in [0.29, 0.717) is 0 Å². The number of nitrogens with two attached hydrogens (primary N) is 2. The van der Waals surface area contributed by atoms with Crippen molar-refractivity contribution >= 4 is 23.7 Å². The first kappa shape index (κ1) is 9.21. The van der Waals surface area contributed by atoms with Crippen molar-refractivity contribution in [3.63, 3.8) is 0 Å². The second-order valence-electron chi connectivity index (χ2n) is 2.00. The van der Waals surface area contributed by atoms with Crippen molar-refractivity contribution in [1.82, 2.24) is 9.95 Å². The lowest BCUT2D eigenvalue weighted by atomic mass is 10.7. The van der Waals surface area contributed by atoms with Crippen molar-refractivity contribution in [3.05, 3.63) is 11.1 Å². The van der Waals surface area contributed by atoms with Crippen LogP contribution in [0, 0.1) is 0 Å². The van der Waals surface area contributed by atoms with E-state index in [0.717, 1.165) is 18.1 Å². The lowest BCUT2D eigenvalue weighted by Gasteiger charge is -2.05. The van der Waals surface area contributed by atoms with Crippen LogP contribution in [0.1, 0.15) is 0 Å². The van der Waals surface area contributed by atoms with E-state index in [-0.39, 0.29) is 0 Å². The summed E-state index contributed by atoms with van der Waals surface area (Å²) >= 11 is 3.33. The van der Waals surface area contributed by atoms with E-state index in [4.69, 9.17) is 11.6 Å². The van der Waals surface area contributed by atoms with Crippen molar-refractivity contribution in [2.24, 2.45) is 11.6 Å². The molecule has 0 aromatic heterocycles. The number of hydrogen-bond acceptors (Lipinski definition) is 6. The van der Waals surface area contributed by atoms with Crippen LogP contribution in [0.25, 0.3) is 0 Å². The average Bonchev–Trinajstić information content (AvgIpc) is 2.37. The number of thioether (sulfide) groups is 1. The summed E-state index contributed by atoms with van der Waals surface area (Å²) in [5.41, 5.74) is 8.21. The van der Waals surface area contributed by atoms with Gasteiger partial charge in [-0.25, -0.2) is 5.84 Å². The largest absolute Gasteiger partial charge is 0.330 e. The van der Waals surface area contributed by atoms with Crippen molar-refractivity contribution in [1.29, 1.82) is 0 Å². The summed E-state index contributed by atoms with van der Waals surface area (Å²) in [4.78, 5) is 1.24. The molecule has 0 saturated heterocycles. The monoisotopic (exact) mass is 192 g/mol. The SMILES string of the molecule is NCCSCC1=CNN(N)S1. The van der Waals surface area contributed by atoms with Gasteiger partial charge in [-0.2, -0.15) is 11.8 Å². The van der Waals surface area contributed by atoms with Crippen LogP contribution >= 0.6 is 23.7 Å². The molecule has 6 heteroatoms. The van der Waals surface area contributed by atoms with E-state index in [1.54, 1.807) is 0 Å². The fraction of sp³-hybridized carbons (Fsp3) is 0.600. The zero-order valence-corrected chi connectivity index (χ0v) is 7.75. The fourth-order valence-corrected chi connectivity index (χ4v) is 2.16. The first-order chi connectivity index (χ1) is 5.33. The Kier molecular flexibility index (Phi) is 4.09. The van der Waals surface area contributed by atoms with Crippen molar-refractivity contribution < 1.29 is 0 Å². The summed E-state index contributed by atoms with van der Waals surface area (Å²) in [6, 6.07) is 0. The van der Waals surface area contributed by atoms with Crippen molar-refractivity contribution in [2.45, 2.75) is 0 Å². The molecule has 1 rings (SSSR count). The maximum absolute atomic E-state index is 5.43. The van der Waals surface area contributed by atoms with Crippen LogP contribution in [0.4, 0.5) is 0 Å². The molecule has 1 aliphatic rings. The Morgan fingerprint density at radius 2 is 2.55 bits per heavy atom. The van der Waals surface area contributed by atoms with Crippen molar-refractivity contribution in [2.75, 3.05) is 18.1 Å². The van der Waals surface area contributed by atoms with Gasteiger partial charge in [-0.15, -0.1) is 0 Å². The van der Waals surface area contributed by atoms with Crippen LogP contribution in [-0.2, 0) is 0 Å². The van der Waals surface area contributed by atoms with Crippen LogP contribution in [0.3, 0.4) is 0 Å². The fourth-order valence-electron chi connectivity index (χ4n) is 0.639. The summed E-state index contributed by atoms with van der Waals surface area (Å²) in [6.07, 6.45) is 1.91. The molecule has 0 amide bonds. The summed E-state index contributed by atoms with van der Waals surface area (Å²) in [7, 11) is 0. The number of hydrazine groups is 2. The molecule has 0 spiro atoms. The van der Waals surface area contributed by atoms with E-state index in [1.807, 2.05) is 18.0 Å². The molecule has 0 fully saturated rings. The second-order valence-corrected chi connectivity index (χ2v) is 4.20. The van der Waals surface area contributed by atoms with Gasteiger partial charge in [-0.1, -0.05) is 4.52 Å². The molecule has 5 N–H and O–H groups in total. The van der Waals surface area contributed by atoms with Crippen LogP contribution in [0.15, 0.2) is 11.1 Å². The Labute approximate surface area is 74.8 Å². The van der Waals surface area contributed by atoms with Crippen LogP contribution in [0.2, 0.25) is 0 Å². The summed E-state index contributed by atoms with van der Waals surface area (Å²) in [5.74, 6) is 7.42. The van der Waals surface area contributed by atoms with Gasteiger partial charge in [0.2, 0.25) is 0 Å². The quantitative estimate of drug-likeness (QED) is 0.327. The highest BCUT2D eigenvalue weighted by atomic mass is 32.2. The first-order valence-corrected chi connectivity index (χ1v) is 5.21. The van der Waals surface area contributed by atoms with Gasteiger partial charge in [-0.05, 0) is 11.9 Å². The zero-order chi connectivity index (χ0) is 8.10. The molecule has 0 unspecified atom stereocenters. The van der Waals surface area contributed by atoms with E-state index < -0.39 is 0 Å². The molecule has 0 saturated carbocycles. The Morgan fingerprint density at radius 3 is 3.09 bits per heavy atom. The van der Waals surface area contributed by atoms with Gasteiger partial charge < -0.3 is 11.2 Å². The molecule has 11 heavy (non-hydrogen) atoms. The minimum Gasteiger partial charge on any atom is -0.330 e. The smallest absolute Gasteiger partial charge is 0.0308 e. The van der Waals surface area contributed by atoms with Gasteiger partial charge in [0.25, 0.3) is 0 Å². The van der Waals surface area contributed by atoms with Gasteiger partial charge in [0.05, 0.1) is 0 Å². The molecule has 1 heterocycles. The molecule has 0 aliphatic carbocycles. The molecular weight excluding hydrogens is 180 g/mol. The van der Waals surface area contributed by atoms with E-state index in [2.05, 4.69) is 5.43 Å². The number of nitrogens with one attached hydrogen (secondary N) is 1. The first-order valence-electron chi connectivity index (χ1n) is 3.29. The van der Waals surface area contributed by atoms with Gasteiger partial charge in [-0.3, -0.25) is 0 Å². The molecule has 4 nitrogen and oxygen atoms in total. The van der Waals surface area contributed by atoms with Gasteiger partial charge in [0, 0.05) is 29.2 Å². The van der Waals surface area contributed by atoms with E-state index in [9.17, 15) is 0 Å². The Balaban J connectivity index is 2.08. The summed E-state index contributed by atoms with van der Waals surface area (Å²) in [6.45, 7) is 0.738. The molecule has 0 atom stereocenters. The molecule has 64 valence electrons. The minimum atomic E-state index is 0.738. The highest BCUT2D eigenvalue weighted by Crippen LogP contribution is 2.24. The number of nitrogens with zero attached hydrogens (tertiary/aromatic N) is 1. The summed E-state index contributed by atoms with van der Waals surface area (Å²) in [5, 5.41) is 0. The lowest BCUT2D eigenvalue weighted by Crippen LogP contribution is -2.30. The highest BCUT2D eigenvalue weighted by molar-refractivity contribution is 8.04. The zero-order valence-electron chi connectivity index (χ0n) is 6.12. The van der Waals surface area contributed by atoms with Crippen molar-refractivity contribution in [3.8, 4) is 0 Å². The third-order valence-corrected chi connectivity index (χ3v) is 3.10. The second kappa shape index (κ2) is 4.89. The lowest BCUT2D eigenvalue weighted by molar-refractivity contribution is 0.440. The normalized spacial score (nSPS) is 18.2. The average molecular weight is 192 g/mol. The van der Waals surface area contributed by atoms with E-state index in [1.165, 1.54) is 21.4 Å². The maximum Gasteiger partial charge on any atom is 0.0308 e. The predicted octanol–water partition coefficient (Wildman–Crippen LogP) is -0.138. The maximum atomic E-state index is 5.43. The molecular formula is C5H12N4S2. The number of hydrogen-bond donors (Lipinski definition) is 3.